The second-order valence-corrected chi connectivity index (χ2v) is 6.83. The van der Waals surface area contributed by atoms with Gasteiger partial charge in [0.05, 0.1) is 26.8 Å². The first-order valence-electron chi connectivity index (χ1n) is 9.20. The molecule has 0 aliphatic rings. The molecular weight excluding hydrogens is 386 g/mol. The van der Waals surface area contributed by atoms with Crippen LogP contribution in [-0.4, -0.2) is 47.4 Å². The Balaban J connectivity index is 1.69. The van der Waals surface area contributed by atoms with Crippen LogP contribution < -0.4 is 19.5 Å². The molecule has 0 saturated carbocycles. The Morgan fingerprint density at radius 2 is 1.67 bits per heavy atom. The van der Waals surface area contributed by atoms with Crippen molar-refractivity contribution in [1.82, 2.24) is 20.2 Å². The van der Waals surface area contributed by atoms with Gasteiger partial charge in [-0.1, -0.05) is 11.6 Å². The van der Waals surface area contributed by atoms with E-state index in [9.17, 15) is 4.79 Å². The molecule has 0 spiro atoms. The van der Waals surface area contributed by atoms with Gasteiger partial charge in [0.15, 0.2) is 17.1 Å². The van der Waals surface area contributed by atoms with Crippen molar-refractivity contribution >= 4 is 33.9 Å². The first-order chi connectivity index (χ1) is 14.4. The van der Waals surface area contributed by atoms with Gasteiger partial charge in [0, 0.05) is 10.9 Å². The number of H-pyrrole nitrogens is 1. The average Bonchev–Trinajstić information content (AvgIpc) is 3.10. The average molecular weight is 407 g/mol. The van der Waals surface area contributed by atoms with E-state index in [1.165, 1.54) is 21.3 Å². The SMILES string of the molecule is COc1cc(C(=O)Nc2nnc3c(n2)[nH]c2c(C)cc(C)cc23)cc(OC)c1OC. The molecule has 0 saturated heterocycles. The highest BCUT2D eigenvalue weighted by atomic mass is 16.5. The molecule has 2 aromatic heterocycles. The second-order valence-electron chi connectivity index (χ2n) is 6.83. The summed E-state index contributed by atoms with van der Waals surface area (Å²) >= 11 is 0. The third-order valence-electron chi connectivity index (χ3n) is 4.82. The highest BCUT2D eigenvalue weighted by Crippen LogP contribution is 2.38. The van der Waals surface area contributed by atoms with E-state index in [-0.39, 0.29) is 5.95 Å². The van der Waals surface area contributed by atoms with E-state index in [2.05, 4.69) is 31.5 Å². The topological polar surface area (TPSA) is 111 Å². The van der Waals surface area contributed by atoms with Crippen LogP contribution in [-0.2, 0) is 0 Å². The molecule has 154 valence electrons. The Morgan fingerprint density at radius 3 is 2.30 bits per heavy atom. The van der Waals surface area contributed by atoms with Crippen LogP contribution in [0.2, 0.25) is 0 Å². The molecule has 4 rings (SSSR count). The van der Waals surface area contributed by atoms with E-state index in [0.29, 0.717) is 34.0 Å². The lowest BCUT2D eigenvalue weighted by Gasteiger charge is -2.13. The summed E-state index contributed by atoms with van der Waals surface area (Å²) < 4.78 is 15.9. The number of amides is 1. The molecule has 2 heterocycles. The summed E-state index contributed by atoms with van der Waals surface area (Å²) in [5.41, 5.74) is 4.67. The number of methoxy groups -OCH3 is 3. The van der Waals surface area contributed by atoms with Gasteiger partial charge in [-0.05, 0) is 37.6 Å². The minimum Gasteiger partial charge on any atom is -0.493 e. The molecule has 0 radical (unpaired) electrons. The number of benzene rings is 2. The molecular formula is C21H21N5O4. The summed E-state index contributed by atoms with van der Waals surface area (Å²) in [5.74, 6) is 0.802. The van der Waals surface area contributed by atoms with Crippen LogP contribution in [0.4, 0.5) is 5.95 Å². The van der Waals surface area contributed by atoms with Crippen molar-refractivity contribution in [1.29, 1.82) is 0 Å². The molecule has 0 fully saturated rings. The number of aromatic amines is 1. The number of aromatic nitrogens is 4. The maximum atomic E-state index is 12.8. The maximum absolute atomic E-state index is 12.8. The standard InChI is InChI=1S/C21H21N5O4/c1-10-6-11(2)16-13(7-10)17-19(22-16)23-21(26-25-17)24-20(27)12-8-14(28-3)18(30-5)15(9-12)29-4/h6-9H,1-5H3,(H2,22,23,24,26,27). The molecule has 0 bridgehead atoms. The van der Waals surface area contributed by atoms with Gasteiger partial charge in [-0.3, -0.25) is 10.1 Å². The Hall–Kier alpha value is -3.88. The highest BCUT2D eigenvalue weighted by molar-refractivity contribution is 6.06. The van der Waals surface area contributed by atoms with Crippen molar-refractivity contribution in [2.45, 2.75) is 13.8 Å². The Labute approximate surface area is 172 Å². The van der Waals surface area contributed by atoms with E-state index in [0.717, 1.165) is 22.0 Å². The Kier molecular flexibility index (Phi) is 4.86. The van der Waals surface area contributed by atoms with E-state index in [1.54, 1.807) is 12.1 Å². The van der Waals surface area contributed by atoms with Crippen molar-refractivity contribution in [3.8, 4) is 17.2 Å². The summed E-state index contributed by atoms with van der Waals surface area (Å²) in [4.78, 5) is 20.5. The lowest BCUT2D eigenvalue weighted by atomic mass is 10.1. The number of aryl methyl sites for hydroxylation is 2. The second kappa shape index (κ2) is 7.51. The lowest BCUT2D eigenvalue weighted by molar-refractivity contribution is 0.102. The quantitative estimate of drug-likeness (QED) is 0.521. The van der Waals surface area contributed by atoms with Crippen molar-refractivity contribution in [3.63, 3.8) is 0 Å². The molecule has 30 heavy (non-hydrogen) atoms. The number of rotatable bonds is 5. The monoisotopic (exact) mass is 407 g/mol. The molecule has 2 N–H and O–H groups in total. The fourth-order valence-electron chi connectivity index (χ4n) is 3.47. The highest BCUT2D eigenvalue weighted by Gasteiger charge is 2.18. The Bertz CT molecular complexity index is 1260. The van der Waals surface area contributed by atoms with Gasteiger partial charge in [-0.15, -0.1) is 10.2 Å². The molecule has 0 aliphatic heterocycles. The van der Waals surface area contributed by atoms with E-state index in [4.69, 9.17) is 14.2 Å². The van der Waals surface area contributed by atoms with Crippen LogP contribution >= 0.6 is 0 Å². The zero-order valence-electron chi connectivity index (χ0n) is 17.3. The number of carbonyl (C=O) groups is 1. The van der Waals surface area contributed by atoms with Crippen molar-refractivity contribution in [2.24, 2.45) is 0 Å². The summed E-state index contributed by atoms with van der Waals surface area (Å²) in [6.07, 6.45) is 0. The van der Waals surface area contributed by atoms with Crippen LogP contribution in [0.5, 0.6) is 17.2 Å². The number of anilines is 1. The van der Waals surface area contributed by atoms with Gasteiger partial charge >= 0.3 is 0 Å². The van der Waals surface area contributed by atoms with Crippen LogP contribution in [0.25, 0.3) is 22.1 Å². The summed E-state index contributed by atoms with van der Waals surface area (Å²) in [6.45, 7) is 4.05. The number of nitrogens with one attached hydrogen (secondary N) is 2. The fourth-order valence-corrected chi connectivity index (χ4v) is 3.47. The van der Waals surface area contributed by atoms with Crippen molar-refractivity contribution < 1.29 is 19.0 Å². The molecule has 0 aliphatic carbocycles. The van der Waals surface area contributed by atoms with Crippen LogP contribution in [0, 0.1) is 13.8 Å². The lowest BCUT2D eigenvalue weighted by Crippen LogP contribution is -2.15. The van der Waals surface area contributed by atoms with E-state index >= 15 is 0 Å². The van der Waals surface area contributed by atoms with Gasteiger partial charge in [0.2, 0.25) is 5.75 Å². The third-order valence-corrected chi connectivity index (χ3v) is 4.82. The zero-order chi connectivity index (χ0) is 21.4. The fraction of sp³-hybridized carbons (Fsp3) is 0.238. The molecule has 2 aromatic carbocycles. The first-order valence-corrected chi connectivity index (χ1v) is 9.20. The minimum atomic E-state index is -0.432. The number of fused-ring (bicyclic) bond motifs is 3. The zero-order valence-corrected chi connectivity index (χ0v) is 17.3. The normalized spacial score (nSPS) is 11.0. The van der Waals surface area contributed by atoms with Gasteiger partial charge < -0.3 is 19.2 Å². The van der Waals surface area contributed by atoms with Crippen LogP contribution in [0.3, 0.4) is 0 Å². The smallest absolute Gasteiger partial charge is 0.258 e. The molecule has 1 amide bonds. The van der Waals surface area contributed by atoms with E-state index in [1.807, 2.05) is 19.9 Å². The summed E-state index contributed by atoms with van der Waals surface area (Å²) in [6, 6.07) is 7.22. The van der Waals surface area contributed by atoms with Crippen LogP contribution in [0.1, 0.15) is 21.5 Å². The molecule has 9 nitrogen and oxygen atoms in total. The number of carbonyl (C=O) groups excluding carboxylic acids is 1. The van der Waals surface area contributed by atoms with Crippen LogP contribution in [0.15, 0.2) is 24.3 Å². The number of ether oxygens (including phenoxy) is 3. The summed E-state index contributed by atoms with van der Waals surface area (Å²) in [5, 5.41) is 12.0. The molecule has 0 unspecified atom stereocenters. The predicted octanol–water partition coefficient (Wildman–Crippen LogP) is 3.40. The number of hydrogen-bond acceptors (Lipinski definition) is 7. The van der Waals surface area contributed by atoms with Gasteiger partial charge in [0.25, 0.3) is 11.9 Å². The largest absolute Gasteiger partial charge is 0.493 e. The molecule has 9 heteroatoms. The predicted molar refractivity (Wildman–Crippen MR) is 113 cm³/mol. The molecule has 4 aromatic rings. The maximum Gasteiger partial charge on any atom is 0.258 e. The first kappa shape index (κ1) is 19.4. The number of hydrogen-bond donors (Lipinski definition) is 2. The van der Waals surface area contributed by atoms with E-state index < -0.39 is 5.91 Å². The van der Waals surface area contributed by atoms with Gasteiger partial charge in [-0.2, -0.15) is 4.98 Å². The summed E-state index contributed by atoms with van der Waals surface area (Å²) in [7, 11) is 4.47. The third kappa shape index (κ3) is 3.24. The van der Waals surface area contributed by atoms with Crippen molar-refractivity contribution in [3.05, 3.63) is 41.0 Å². The van der Waals surface area contributed by atoms with Gasteiger partial charge in [0.1, 0.15) is 5.52 Å². The molecule has 0 atom stereocenters. The minimum absolute atomic E-state index is 0.0854. The van der Waals surface area contributed by atoms with Crippen molar-refractivity contribution in [2.75, 3.05) is 26.6 Å². The Morgan fingerprint density at radius 1 is 0.967 bits per heavy atom. The number of nitrogens with zero attached hydrogens (tertiary/aromatic N) is 3. The van der Waals surface area contributed by atoms with Gasteiger partial charge in [-0.25, -0.2) is 0 Å².